The molecule has 1 aliphatic heterocycles. The monoisotopic (exact) mass is 334 g/mol. The summed E-state index contributed by atoms with van der Waals surface area (Å²) in [6, 6.07) is 1.69. The predicted octanol–water partition coefficient (Wildman–Crippen LogP) is 0.958. The summed E-state index contributed by atoms with van der Waals surface area (Å²) >= 11 is 0. The highest BCUT2D eigenvalue weighted by molar-refractivity contribution is 5.94. The van der Waals surface area contributed by atoms with Gasteiger partial charge in [0.15, 0.2) is 6.10 Å². The van der Waals surface area contributed by atoms with Gasteiger partial charge >= 0.3 is 5.97 Å². The fraction of sp³-hybridized carbons (Fsp3) is 0.588. The van der Waals surface area contributed by atoms with E-state index in [9.17, 15) is 14.4 Å². The van der Waals surface area contributed by atoms with Crippen molar-refractivity contribution in [1.82, 2.24) is 9.88 Å². The molecule has 1 aromatic heterocycles. The first-order chi connectivity index (χ1) is 11.5. The molecule has 2 aliphatic rings. The standard InChI is InChI=1S/C17H22N2O5/c1-10-8-19(9-14(24-10)17(22)23)16(21)12-7-11-5-3-2-4-6-13(11)18-15(12)20/h7,10,14H,2-6,8-9H2,1H3,(H,18,20)(H,22,23)/t10-,14?/m1/s1. The minimum absolute atomic E-state index is 0.0466. The number of aromatic amines is 1. The van der Waals surface area contributed by atoms with Crippen LogP contribution in [0, 0.1) is 0 Å². The molecule has 1 saturated heterocycles. The number of rotatable bonds is 2. The number of nitrogens with zero attached hydrogens (tertiary/aromatic N) is 1. The third kappa shape index (κ3) is 3.36. The lowest BCUT2D eigenvalue weighted by molar-refractivity contribution is -0.160. The molecule has 1 fully saturated rings. The number of carboxylic acid groups (broad SMARTS) is 1. The van der Waals surface area contributed by atoms with Crippen LogP contribution < -0.4 is 5.56 Å². The molecule has 24 heavy (non-hydrogen) atoms. The van der Waals surface area contributed by atoms with Gasteiger partial charge in [-0.25, -0.2) is 4.79 Å². The van der Waals surface area contributed by atoms with Gasteiger partial charge in [0.2, 0.25) is 0 Å². The van der Waals surface area contributed by atoms with E-state index in [1.54, 1.807) is 13.0 Å². The van der Waals surface area contributed by atoms with Crippen molar-refractivity contribution in [1.29, 1.82) is 0 Å². The van der Waals surface area contributed by atoms with Crippen molar-refractivity contribution < 1.29 is 19.4 Å². The Kier molecular flexibility index (Phi) is 4.71. The van der Waals surface area contributed by atoms with Crippen molar-refractivity contribution in [2.24, 2.45) is 0 Å². The Morgan fingerprint density at radius 2 is 2.00 bits per heavy atom. The van der Waals surface area contributed by atoms with Crippen molar-refractivity contribution in [3.8, 4) is 0 Å². The van der Waals surface area contributed by atoms with E-state index in [4.69, 9.17) is 9.84 Å². The van der Waals surface area contributed by atoms with Crippen molar-refractivity contribution in [2.45, 2.75) is 51.2 Å². The molecule has 0 aromatic carbocycles. The molecule has 2 heterocycles. The van der Waals surface area contributed by atoms with Gasteiger partial charge in [0.1, 0.15) is 5.56 Å². The van der Waals surface area contributed by atoms with Crippen LogP contribution in [0.3, 0.4) is 0 Å². The van der Waals surface area contributed by atoms with Crippen LogP contribution in [0.4, 0.5) is 0 Å². The predicted molar refractivity (Wildman–Crippen MR) is 86.2 cm³/mol. The Bertz CT molecular complexity index is 711. The lowest BCUT2D eigenvalue weighted by atomic mass is 10.0. The minimum atomic E-state index is -1.10. The quantitative estimate of drug-likeness (QED) is 0.785. The number of carbonyl (C=O) groups is 2. The lowest BCUT2D eigenvalue weighted by Gasteiger charge is -2.34. The number of aryl methyl sites for hydroxylation is 2. The number of aromatic nitrogens is 1. The molecule has 7 nitrogen and oxygen atoms in total. The summed E-state index contributed by atoms with van der Waals surface area (Å²) in [4.78, 5) is 40.5. The second kappa shape index (κ2) is 6.76. The number of carboxylic acids is 1. The van der Waals surface area contributed by atoms with Crippen LogP contribution in [0.2, 0.25) is 0 Å². The fourth-order valence-electron chi connectivity index (χ4n) is 3.43. The molecule has 0 radical (unpaired) electrons. The van der Waals surface area contributed by atoms with Gasteiger partial charge in [0, 0.05) is 12.2 Å². The Morgan fingerprint density at radius 3 is 2.75 bits per heavy atom. The maximum absolute atomic E-state index is 12.8. The fourth-order valence-corrected chi connectivity index (χ4v) is 3.43. The van der Waals surface area contributed by atoms with Crippen LogP contribution in [0.5, 0.6) is 0 Å². The number of aliphatic carboxylic acids is 1. The van der Waals surface area contributed by atoms with E-state index in [2.05, 4.69) is 4.98 Å². The number of ether oxygens (including phenoxy) is 1. The van der Waals surface area contributed by atoms with Gasteiger partial charge in [-0.3, -0.25) is 9.59 Å². The number of amides is 1. The maximum atomic E-state index is 12.8. The third-order valence-electron chi connectivity index (χ3n) is 4.64. The number of fused-ring (bicyclic) bond motifs is 1. The van der Waals surface area contributed by atoms with Gasteiger partial charge in [-0.15, -0.1) is 0 Å². The van der Waals surface area contributed by atoms with Gasteiger partial charge < -0.3 is 19.7 Å². The van der Waals surface area contributed by atoms with Gasteiger partial charge in [-0.05, 0) is 44.2 Å². The molecular weight excluding hydrogens is 312 g/mol. The lowest BCUT2D eigenvalue weighted by Crippen LogP contribution is -2.52. The zero-order valence-corrected chi connectivity index (χ0v) is 13.7. The highest BCUT2D eigenvalue weighted by Gasteiger charge is 2.34. The van der Waals surface area contributed by atoms with Crippen LogP contribution in [-0.4, -0.2) is 52.2 Å². The summed E-state index contributed by atoms with van der Waals surface area (Å²) in [6.07, 6.45) is 3.43. The van der Waals surface area contributed by atoms with Crippen LogP contribution in [-0.2, 0) is 22.4 Å². The summed E-state index contributed by atoms with van der Waals surface area (Å²) in [5.74, 6) is -1.53. The third-order valence-corrected chi connectivity index (χ3v) is 4.64. The first kappa shape index (κ1) is 16.7. The number of morpholine rings is 1. The van der Waals surface area contributed by atoms with Crippen LogP contribution in [0.15, 0.2) is 10.9 Å². The molecule has 2 atom stereocenters. The Balaban J connectivity index is 1.88. The normalized spacial score (nSPS) is 24.1. The highest BCUT2D eigenvalue weighted by atomic mass is 16.5. The largest absolute Gasteiger partial charge is 0.479 e. The Labute approximate surface area is 139 Å². The van der Waals surface area contributed by atoms with Gasteiger partial charge in [-0.2, -0.15) is 0 Å². The number of hydrogen-bond donors (Lipinski definition) is 2. The van der Waals surface area contributed by atoms with E-state index >= 15 is 0 Å². The molecule has 0 saturated carbocycles. The SMILES string of the molecule is C[C@@H]1CN(C(=O)c2cc3c([nH]c2=O)CCCCC3)CC(C(=O)O)O1. The first-order valence-corrected chi connectivity index (χ1v) is 8.38. The van der Waals surface area contributed by atoms with E-state index in [0.717, 1.165) is 43.4 Å². The van der Waals surface area contributed by atoms with E-state index in [-0.39, 0.29) is 24.8 Å². The van der Waals surface area contributed by atoms with Crippen molar-refractivity contribution in [3.05, 3.63) is 33.2 Å². The second-order valence-corrected chi connectivity index (χ2v) is 6.56. The molecule has 3 rings (SSSR count). The van der Waals surface area contributed by atoms with E-state index in [1.165, 1.54) is 4.90 Å². The van der Waals surface area contributed by atoms with E-state index in [0.29, 0.717) is 0 Å². The maximum Gasteiger partial charge on any atom is 0.334 e. The number of hydrogen-bond acceptors (Lipinski definition) is 4. The summed E-state index contributed by atoms with van der Waals surface area (Å²) in [6.45, 7) is 1.95. The van der Waals surface area contributed by atoms with Gasteiger partial charge in [-0.1, -0.05) is 6.42 Å². The molecule has 1 aliphatic carbocycles. The molecule has 0 spiro atoms. The summed E-state index contributed by atoms with van der Waals surface area (Å²) in [5, 5.41) is 9.14. The molecular formula is C17H22N2O5. The Hall–Kier alpha value is -2.15. The number of nitrogens with one attached hydrogen (secondary N) is 1. The number of carbonyl (C=O) groups excluding carboxylic acids is 1. The molecule has 7 heteroatoms. The zero-order valence-electron chi connectivity index (χ0n) is 13.7. The minimum Gasteiger partial charge on any atom is -0.479 e. The van der Waals surface area contributed by atoms with Gasteiger partial charge in [0.05, 0.1) is 12.6 Å². The molecule has 1 amide bonds. The summed E-state index contributed by atoms with van der Waals surface area (Å²) in [7, 11) is 0. The van der Waals surface area contributed by atoms with Crippen molar-refractivity contribution in [3.63, 3.8) is 0 Å². The summed E-state index contributed by atoms with van der Waals surface area (Å²) < 4.78 is 5.32. The average Bonchev–Trinajstić information content (AvgIpc) is 2.77. The molecule has 1 aromatic rings. The number of pyridine rings is 1. The van der Waals surface area contributed by atoms with Gasteiger partial charge in [0.25, 0.3) is 11.5 Å². The Morgan fingerprint density at radius 1 is 1.25 bits per heavy atom. The zero-order chi connectivity index (χ0) is 17.3. The van der Waals surface area contributed by atoms with Crippen LogP contribution in [0.1, 0.15) is 47.8 Å². The molecule has 130 valence electrons. The highest BCUT2D eigenvalue weighted by Crippen LogP contribution is 2.20. The number of H-pyrrole nitrogens is 1. The van der Waals surface area contributed by atoms with Crippen molar-refractivity contribution in [2.75, 3.05) is 13.1 Å². The van der Waals surface area contributed by atoms with Crippen LogP contribution in [0.25, 0.3) is 0 Å². The topological polar surface area (TPSA) is 99.7 Å². The van der Waals surface area contributed by atoms with Crippen molar-refractivity contribution >= 4 is 11.9 Å². The molecule has 2 N–H and O–H groups in total. The average molecular weight is 334 g/mol. The van der Waals surface area contributed by atoms with E-state index in [1.807, 2.05) is 0 Å². The van der Waals surface area contributed by atoms with E-state index < -0.39 is 23.5 Å². The second-order valence-electron chi connectivity index (χ2n) is 6.56. The summed E-state index contributed by atoms with van der Waals surface area (Å²) in [5.41, 5.74) is 1.64. The smallest absolute Gasteiger partial charge is 0.334 e. The first-order valence-electron chi connectivity index (χ1n) is 8.38. The molecule has 0 bridgehead atoms. The molecule has 1 unspecified atom stereocenters. The van der Waals surface area contributed by atoms with Crippen LogP contribution >= 0.6 is 0 Å².